The molecule has 0 saturated carbocycles. The fraction of sp³-hybridized carbons (Fsp3) is 0.231. The number of anilines is 1. The van der Waals surface area contributed by atoms with Crippen LogP contribution in [-0.4, -0.2) is 24.1 Å². The van der Waals surface area contributed by atoms with Crippen molar-refractivity contribution in [1.82, 2.24) is 9.97 Å². The number of ether oxygens (including phenoxy) is 1. The quantitative estimate of drug-likeness (QED) is 0.924. The highest BCUT2D eigenvalue weighted by Gasteiger charge is 2.10. The Kier molecular flexibility index (Phi) is 3.67. The second-order valence-electron chi connectivity index (χ2n) is 3.85. The van der Waals surface area contributed by atoms with Gasteiger partial charge in [-0.25, -0.2) is 9.97 Å². The molecular formula is C13H14ClN3O. The van der Waals surface area contributed by atoms with Gasteiger partial charge >= 0.3 is 0 Å². The summed E-state index contributed by atoms with van der Waals surface area (Å²) in [4.78, 5) is 8.36. The molecule has 1 aromatic carbocycles. The fourth-order valence-electron chi connectivity index (χ4n) is 1.65. The van der Waals surface area contributed by atoms with E-state index in [1.54, 1.807) is 26.6 Å². The number of nitrogens with one attached hydrogen (secondary N) is 1. The Morgan fingerprint density at radius 3 is 2.44 bits per heavy atom. The van der Waals surface area contributed by atoms with Crippen LogP contribution in [0.2, 0.25) is 5.02 Å². The summed E-state index contributed by atoms with van der Waals surface area (Å²) in [5.41, 5.74) is 2.73. The van der Waals surface area contributed by atoms with Gasteiger partial charge in [-0.1, -0.05) is 11.6 Å². The first-order valence-electron chi connectivity index (χ1n) is 5.50. The maximum atomic E-state index is 6.14. The van der Waals surface area contributed by atoms with E-state index < -0.39 is 0 Å². The zero-order chi connectivity index (χ0) is 13.1. The number of aromatic nitrogens is 2. The summed E-state index contributed by atoms with van der Waals surface area (Å²) >= 11 is 6.14. The van der Waals surface area contributed by atoms with Crippen molar-refractivity contribution in [2.45, 2.75) is 6.92 Å². The Hall–Kier alpha value is -1.81. The van der Waals surface area contributed by atoms with Crippen LogP contribution >= 0.6 is 11.6 Å². The minimum Gasteiger partial charge on any atom is -0.496 e. The number of halogens is 1. The minimum absolute atomic E-state index is 0.580. The number of hydrogen-bond acceptors (Lipinski definition) is 4. The molecule has 0 aliphatic rings. The van der Waals surface area contributed by atoms with Gasteiger partial charge in [-0.15, -0.1) is 0 Å². The first-order chi connectivity index (χ1) is 8.65. The number of rotatable bonds is 3. The largest absolute Gasteiger partial charge is 0.496 e. The van der Waals surface area contributed by atoms with Gasteiger partial charge in [-0.05, 0) is 24.6 Å². The van der Waals surface area contributed by atoms with E-state index in [0.29, 0.717) is 11.0 Å². The summed E-state index contributed by atoms with van der Waals surface area (Å²) in [6.45, 7) is 1.94. The standard InChI is InChI=1S/C13H14ClN3O/c1-8-4-12(18-3)10(5-11(8)14)9-6-16-13(15-2)17-7-9/h4-7H,1-3H3,(H,15,16,17). The second kappa shape index (κ2) is 5.23. The van der Waals surface area contributed by atoms with Crippen molar-refractivity contribution in [2.75, 3.05) is 19.5 Å². The van der Waals surface area contributed by atoms with E-state index in [4.69, 9.17) is 16.3 Å². The molecule has 0 atom stereocenters. The van der Waals surface area contributed by atoms with Crippen LogP contribution in [0, 0.1) is 6.92 Å². The van der Waals surface area contributed by atoms with Crippen molar-refractivity contribution in [1.29, 1.82) is 0 Å². The van der Waals surface area contributed by atoms with Crippen LogP contribution < -0.4 is 10.1 Å². The molecular weight excluding hydrogens is 250 g/mol. The average Bonchev–Trinajstić information content (AvgIpc) is 2.41. The van der Waals surface area contributed by atoms with Gasteiger partial charge in [0.25, 0.3) is 0 Å². The van der Waals surface area contributed by atoms with Crippen LogP contribution in [-0.2, 0) is 0 Å². The number of hydrogen-bond donors (Lipinski definition) is 1. The van der Waals surface area contributed by atoms with Gasteiger partial charge in [0, 0.05) is 35.6 Å². The molecule has 1 aromatic heterocycles. The third-order valence-corrected chi connectivity index (χ3v) is 3.07. The van der Waals surface area contributed by atoms with E-state index in [0.717, 1.165) is 22.4 Å². The Balaban J connectivity index is 2.51. The highest BCUT2D eigenvalue weighted by atomic mass is 35.5. The molecule has 1 N–H and O–H groups in total. The molecule has 0 amide bonds. The van der Waals surface area contributed by atoms with Crippen LogP contribution in [0.3, 0.4) is 0 Å². The van der Waals surface area contributed by atoms with Crippen molar-refractivity contribution < 1.29 is 4.74 Å². The Morgan fingerprint density at radius 2 is 1.89 bits per heavy atom. The second-order valence-corrected chi connectivity index (χ2v) is 4.25. The lowest BCUT2D eigenvalue weighted by atomic mass is 10.1. The van der Waals surface area contributed by atoms with Crippen molar-refractivity contribution >= 4 is 17.5 Å². The number of nitrogens with zero attached hydrogens (tertiary/aromatic N) is 2. The smallest absolute Gasteiger partial charge is 0.222 e. The lowest BCUT2D eigenvalue weighted by Gasteiger charge is -2.11. The maximum absolute atomic E-state index is 6.14. The van der Waals surface area contributed by atoms with Crippen molar-refractivity contribution in [2.24, 2.45) is 0 Å². The molecule has 0 spiro atoms. The van der Waals surface area contributed by atoms with Gasteiger partial charge in [-0.3, -0.25) is 0 Å². The minimum atomic E-state index is 0.580. The Bertz CT molecular complexity index is 555. The number of benzene rings is 1. The molecule has 5 heteroatoms. The van der Waals surface area contributed by atoms with Crippen molar-refractivity contribution in [3.63, 3.8) is 0 Å². The molecule has 94 valence electrons. The molecule has 0 aliphatic carbocycles. The highest BCUT2D eigenvalue weighted by molar-refractivity contribution is 6.31. The van der Waals surface area contributed by atoms with Crippen LogP contribution in [0.5, 0.6) is 5.75 Å². The van der Waals surface area contributed by atoms with Gasteiger partial charge in [0.2, 0.25) is 5.95 Å². The molecule has 0 fully saturated rings. The zero-order valence-corrected chi connectivity index (χ0v) is 11.2. The SMILES string of the molecule is CNc1ncc(-c2cc(Cl)c(C)cc2OC)cn1. The molecule has 2 aromatic rings. The van der Waals surface area contributed by atoms with E-state index in [1.165, 1.54) is 0 Å². The highest BCUT2D eigenvalue weighted by Crippen LogP contribution is 2.34. The van der Waals surface area contributed by atoms with Crippen LogP contribution in [0.25, 0.3) is 11.1 Å². The van der Waals surface area contributed by atoms with Crippen molar-refractivity contribution in [3.8, 4) is 16.9 Å². The van der Waals surface area contributed by atoms with Gasteiger partial charge < -0.3 is 10.1 Å². The van der Waals surface area contributed by atoms with Crippen LogP contribution in [0.1, 0.15) is 5.56 Å². The van der Waals surface area contributed by atoms with Crippen molar-refractivity contribution in [3.05, 3.63) is 35.1 Å². The monoisotopic (exact) mass is 263 g/mol. The molecule has 1 heterocycles. The lowest BCUT2D eigenvalue weighted by molar-refractivity contribution is 0.416. The first-order valence-corrected chi connectivity index (χ1v) is 5.87. The molecule has 4 nitrogen and oxygen atoms in total. The Morgan fingerprint density at radius 1 is 1.22 bits per heavy atom. The molecule has 0 aliphatic heterocycles. The summed E-state index contributed by atoms with van der Waals surface area (Å²) in [7, 11) is 3.41. The lowest BCUT2D eigenvalue weighted by Crippen LogP contribution is -1.96. The summed E-state index contributed by atoms with van der Waals surface area (Å²) in [5.74, 6) is 1.34. The predicted molar refractivity (Wildman–Crippen MR) is 73.3 cm³/mol. The third kappa shape index (κ3) is 2.38. The molecule has 0 saturated heterocycles. The molecule has 0 radical (unpaired) electrons. The third-order valence-electron chi connectivity index (χ3n) is 2.67. The van der Waals surface area contributed by atoms with Crippen LogP contribution in [0.4, 0.5) is 5.95 Å². The van der Waals surface area contributed by atoms with Gasteiger partial charge in [0.1, 0.15) is 5.75 Å². The fourth-order valence-corrected chi connectivity index (χ4v) is 1.81. The maximum Gasteiger partial charge on any atom is 0.222 e. The summed E-state index contributed by atoms with van der Waals surface area (Å²) in [6.07, 6.45) is 3.48. The summed E-state index contributed by atoms with van der Waals surface area (Å²) in [6, 6.07) is 3.77. The summed E-state index contributed by atoms with van der Waals surface area (Å²) in [5, 5.41) is 3.57. The average molecular weight is 264 g/mol. The molecule has 0 bridgehead atoms. The molecule has 2 rings (SSSR count). The van der Waals surface area contributed by atoms with E-state index in [1.807, 2.05) is 19.1 Å². The van der Waals surface area contributed by atoms with Gasteiger partial charge in [0.05, 0.1) is 7.11 Å². The molecule has 18 heavy (non-hydrogen) atoms. The Labute approximate surface area is 111 Å². The van der Waals surface area contributed by atoms with Gasteiger partial charge in [0.15, 0.2) is 0 Å². The van der Waals surface area contributed by atoms with E-state index in [-0.39, 0.29) is 0 Å². The number of methoxy groups -OCH3 is 1. The summed E-state index contributed by atoms with van der Waals surface area (Å²) < 4.78 is 5.36. The zero-order valence-electron chi connectivity index (χ0n) is 10.5. The van der Waals surface area contributed by atoms with Crippen LogP contribution in [0.15, 0.2) is 24.5 Å². The topological polar surface area (TPSA) is 47.0 Å². The van der Waals surface area contributed by atoms with Gasteiger partial charge in [-0.2, -0.15) is 0 Å². The first kappa shape index (κ1) is 12.6. The molecule has 0 unspecified atom stereocenters. The normalized spacial score (nSPS) is 10.2. The predicted octanol–water partition coefficient (Wildman–Crippen LogP) is 3.16. The van der Waals surface area contributed by atoms with E-state index in [2.05, 4.69) is 15.3 Å². The van der Waals surface area contributed by atoms with E-state index in [9.17, 15) is 0 Å². The number of aryl methyl sites for hydroxylation is 1. The van der Waals surface area contributed by atoms with E-state index >= 15 is 0 Å².